The molecule has 0 atom stereocenters. The van der Waals surface area contributed by atoms with Crippen LogP contribution in [-0.4, -0.2) is 47.8 Å². The third-order valence-electron chi connectivity index (χ3n) is 3.94. The van der Waals surface area contributed by atoms with E-state index in [-0.39, 0.29) is 23.2 Å². The highest BCUT2D eigenvalue weighted by atomic mass is 32.2. The fourth-order valence-corrected chi connectivity index (χ4v) is 3.51. The first-order valence-electron chi connectivity index (χ1n) is 8.76. The summed E-state index contributed by atoms with van der Waals surface area (Å²) in [4.78, 5) is 17.4. The first kappa shape index (κ1) is 20.4. The second-order valence-corrected chi connectivity index (χ2v) is 7.66. The molecule has 0 saturated carbocycles. The van der Waals surface area contributed by atoms with Crippen molar-refractivity contribution in [2.75, 3.05) is 23.8 Å². The first-order valence-corrected chi connectivity index (χ1v) is 10.2. The molecule has 0 unspecified atom stereocenters. The predicted molar refractivity (Wildman–Crippen MR) is 107 cm³/mol. The Balaban J connectivity index is 1.70. The molecule has 0 fully saturated rings. The van der Waals surface area contributed by atoms with Gasteiger partial charge in [-0.1, -0.05) is 0 Å². The monoisotopic (exact) mass is 420 g/mol. The summed E-state index contributed by atoms with van der Waals surface area (Å²) in [5.41, 5.74) is 1.64. The highest BCUT2D eigenvalue weighted by Crippen LogP contribution is 2.24. The second kappa shape index (κ2) is 8.80. The number of benzene rings is 2. The number of carboxylic acid groups (broad SMARTS) is 1. The van der Waals surface area contributed by atoms with Gasteiger partial charge < -0.3 is 24.7 Å². The van der Waals surface area contributed by atoms with E-state index in [1.165, 1.54) is 30.3 Å². The van der Waals surface area contributed by atoms with Crippen molar-refractivity contribution in [3.63, 3.8) is 0 Å². The number of amides is 1. The summed E-state index contributed by atoms with van der Waals surface area (Å²) < 4.78 is 30.2. The molecule has 29 heavy (non-hydrogen) atoms. The minimum Gasteiger partial charge on any atom is -0.465 e. The Hall–Kier alpha value is -3.31. The van der Waals surface area contributed by atoms with Gasteiger partial charge in [-0.05, 0) is 49.2 Å². The lowest BCUT2D eigenvalue weighted by molar-refractivity contribution is 0.209. The molecule has 10 nitrogen and oxygen atoms in total. The molecule has 2 aromatic carbocycles. The van der Waals surface area contributed by atoms with Crippen LogP contribution < -0.4 is 14.8 Å². The maximum absolute atomic E-state index is 12.5. The number of aliphatic hydroxyl groups excluding tert-OH is 1. The average Bonchev–Trinajstić information content (AvgIpc) is 3.06. The van der Waals surface area contributed by atoms with Crippen molar-refractivity contribution in [2.24, 2.45) is 0 Å². The van der Waals surface area contributed by atoms with E-state index in [0.717, 1.165) is 12.1 Å². The van der Waals surface area contributed by atoms with Crippen molar-refractivity contribution >= 4 is 38.9 Å². The number of anilines is 2. The van der Waals surface area contributed by atoms with E-state index in [1.807, 2.05) is 0 Å². The van der Waals surface area contributed by atoms with Crippen LogP contribution in [0.1, 0.15) is 12.8 Å². The predicted octanol–water partition coefficient (Wildman–Crippen LogP) is 2.60. The topological polar surface area (TPSA) is 154 Å². The lowest BCUT2D eigenvalue weighted by atomic mass is 10.3. The maximum Gasteiger partial charge on any atom is 0.411 e. The number of fused-ring (bicyclic) bond motifs is 1. The van der Waals surface area contributed by atoms with Crippen LogP contribution in [0.15, 0.2) is 47.4 Å². The first-order chi connectivity index (χ1) is 13.9. The number of nitrogens with zero attached hydrogens (tertiary/aromatic N) is 1. The smallest absolute Gasteiger partial charge is 0.411 e. The van der Waals surface area contributed by atoms with E-state index in [1.54, 1.807) is 12.1 Å². The Morgan fingerprint density at radius 1 is 1.14 bits per heavy atom. The number of nitrogens with one attached hydrogen (secondary N) is 3. The van der Waals surface area contributed by atoms with Crippen LogP contribution in [0.4, 0.5) is 16.4 Å². The van der Waals surface area contributed by atoms with Crippen molar-refractivity contribution in [1.29, 1.82) is 0 Å². The number of aliphatic hydroxyl groups is 1. The summed E-state index contributed by atoms with van der Waals surface area (Å²) >= 11 is 0. The molecule has 3 aromatic rings. The number of carbonyl (C=O) groups is 1. The molecule has 0 radical (unpaired) electrons. The van der Waals surface area contributed by atoms with E-state index in [0.29, 0.717) is 24.0 Å². The molecule has 0 aliphatic rings. The quantitative estimate of drug-likeness (QED) is 0.261. The van der Waals surface area contributed by atoms with Crippen molar-refractivity contribution in [3.05, 3.63) is 42.5 Å². The Kier molecular flexibility index (Phi) is 6.20. The molecule has 1 aromatic heterocycles. The van der Waals surface area contributed by atoms with Gasteiger partial charge in [0.25, 0.3) is 0 Å². The molecule has 5 N–H and O–H groups in total. The van der Waals surface area contributed by atoms with E-state index < -0.39 is 16.2 Å². The molecular formula is C18H20N4O6S. The number of aromatic nitrogens is 2. The van der Waals surface area contributed by atoms with Gasteiger partial charge in [0.2, 0.25) is 5.95 Å². The molecule has 1 amide bonds. The standard InChI is InChI=1S/C18H20N4O6S/c23-10-2-1-9-19-12-3-6-14(7-4-12)29(26,27)28-13-5-8-15-16(11-13)21-17(20-15)22-18(24)25/h3-8,11,19,23H,1-2,9-10H2,(H,24,25)(H2,20,21,22). The summed E-state index contributed by atoms with van der Waals surface area (Å²) in [6.07, 6.45) is 0.232. The van der Waals surface area contributed by atoms with Crippen molar-refractivity contribution in [1.82, 2.24) is 9.97 Å². The number of unbranched alkanes of at least 4 members (excludes halogenated alkanes) is 1. The third kappa shape index (κ3) is 5.36. The van der Waals surface area contributed by atoms with Crippen molar-refractivity contribution < 1.29 is 27.6 Å². The van der Waals surface area contributed by atoms with Crippen LogP contribution in [0.25, 0.3) is 11.0 Å². The van der Waals surface area contributed by atoms with E-state index in [2.05, 4.69) is 20.6 Å². The van der Waals surface area contributed by atoms with E-state index in [9.17, 15) is 13.2 Å². The summed E-state index contributed by atoms with van der Waals surface area (Å²) in [7, 11) is -4.04. The maximum atomic E-state index is 12.5. The zero-order valence-corrected chi connectivity index (χ0v) is 16.1. The summed E-state index contributed by atoms with van der Waals surface area (Å²) in [5, 5.41) is 22.7. The van der Waals surface area contributed by atoms with Gasteiger partial charge in [-0.25, -0.2) is 9.78 Å². The zero-order chi connectivity index (χ0) is 20.9. The Morgan fingerprint density at radius 3 is 2.59 bits per heavy atom. The normalized spacial score (nSPS) is 11.3. The van der Waals surface area contributed by atoms with Gasteiger partial charge in [0.15, 0.2) is 0 Å². The molecule has 11 heteroatoms. The van der Waals surface area contributed by atoms with Gasteiger partial charge >= 0.3 is 16.2 Å². The van der Waals surface area contributed by atoms with Crippen LogP contribution in [0.2, 0.25) is 0 Å². The second-order valence-electron chi connectivity index (χ2n) is 6.11. The summed E-state index contributed by atoms with van der Waals surface area (Å²) in [6.45, 7) is 0.810. The molecule has 3 rings (SSSR count). The SMILES string of the molecule is O=C(O)Nc1nc2ccc(OS(=O)(=O)c3ccc(NCCCCO)cc3)cc2[nH]1. The molecule has 1 heterocycles. The Morgan fingerprint density at radius 2 is 1.90 bits per heavy atom. The zero-order valence-electron chi connectivity index (χ0n) is 15.3. The molecule has 154 valence electrons. The fourth-order valence-electron chi connectivity index (χ4n) is 2.58. The molecular weight excluding hydrogens is 400 g/mol. The van der Waals surface area contributed by atoms with Gasteiger partial charge in [0.1, 0.15) is 10.6 Å². The van der Waals surface area contributed by atoms with Gasteiger partial charge in [-0.2, -0.15) is 8.42 Å². The van der Waals surface area contributed by atoms with Crippen LogP contribution in [0, 0.1) is 0 Å². The van der Waals surface area contributed by atoms with Crippen LogP contribution in [-0.2, 0) is 10.1 Å². The molecule has 0 bridgehead atoms. The number of rotatable bonds is 9. The number of aromatic amines is 1. The van der Waals surface area contributed by atoms with Crippen LogP contribution >= 0.6 is 0 Å². The Labute approximate surface area is 166 Å². The highest BCUT2D eigenvalue weighted by Gasteiger charge is 2.17. The van der Waals surface area contributed by atoms with Gasteiger partial charge in [0.05, 0.1) is 11.0 Å². The molecule has 0 spiro atoms. The van der Waals surface area contributed by atoms with E-state index >= 15 is 0 Å². The van der Waals surface area contributed by atoms with Crippen molar-refractivity contribution in [2.45, 2.75) is 17.7 Å². The number of hydrogen-bond acceptors (Lipinski definition) is 7. The molecule has 0 aliphatic heterocycles. The lowest BCUT2D eigenvalue weighted by Crippen LogP contribution is -2.10. The van der Waals surface area contributed by atoms with Crippen LogP contribution in [0.5, 0.6) is 5.75 Å². The van der Waals surface area contributed by atoms with Gasteiger partial charge in [-0.15, -0.1) is 0 Å². The summed E-state index contributed by atoms with van der Waals surface area (Å²) in [6, 6.07) is 10.5. The van der Waals surface area contributed by atoms with Gasteiger partial charge in [0, 0.05) is 24.9 Å². The molecule has 0 saturated heterocycles. The molecule has 0 aliphatic carbocycles. The number of H-pyrrole nitrogens is 1. The number of imidazole rings is 1. The Bertz CT molecular complexity index is 1100. The van der Waals surface area contributed by atoms with Gasteiger partial charge in [-0.3, -0.25) is 5.32 Å². The fraction of sp³-hybridized carbons (Fsp3) is 0.222. The lowest BCUT2D eigenvalue weighted by Gasteiger charge is -2.09. The third-order valence-corrected chi connectivity index (χ3v) is 5.20. The van der Waals surface area contributed by atoms with Crippen molar-refractivity contribution in [3.8, 4) is 5.75 Å². The average molecular weight is 420 g/mol. The largest absolute Gasteiger partial charge is 0.465 e. The minimum absolute atomic E-state index is 0.00338. The van der Waals surface area contributed by atoms with E-state index in [4.69, 9.17) is 14.4 Å². The summed E-state index contributed by atoms with van der Waals surface area (Å²) in [5.74, 6) is 0.0869. The highest BCUT2D eigenvalue weighted by molar-refractivity contribution is 7.87. The van der Waals surface area contributed by atoms with Crippen LogP contribution in [0.3, 0.4) is 0 Å². The minimum atomic E-state index is -4.04. The number of hydrogen-bond donors (Lipinski definition) is 5.